The van der Waals surface area contributed by atoms with Crippen molar-refractivity contribution in [2.75, 3.05) is 52.4 Å². The Hall–Kier alpha value is -0.120. The lowest BCUT2D eigenvalue weighted by molar-refractivity contribution is -0.926. The molecule has 0 saturated carbocycles. The number of nitrogens with zero attached hydrogens (tertiary/aromatic N) is 2. The van der Waals surface area contributed by atoms with Crippen molar-refractivity contribution in [2.45, 2.75) is 285 Å². The fourth-order valence-corrected chi connectivity index (χ4v) is 9.15. The van der Waals surface area contributed by atoms with Crippen LogP contribution in [0.1, 0.15) is 285 Å². The van der Waals surface area contributed by atoms with E-state index in [4.69, 9.17) is 5.73 Å². The third-order valence-corrected chi connectivity index (χ3v) is 13.1. The molecule has 0 fully saturated rings. The molecule has 0 radical (unpaired) electrons. The molecule has 0 aromatic heterocycles. The Labute approximate surface area is 350 Å². The van der Waals surface area contributed by atoms with Gasteiger partial charge >= 0.3 is 0 Å². The van der Waals surface area contributed by atoms with E-state index >= 15 is 0 Å². The van der Waals surface area contributed by atoms with Gasteiger partial charge in [-0.3, -0.25) is 4.90 Å². The quantitative estimate of drug-likeness (QED) is 0.0492. The molecule has 0 bridgehead atoms. The molecule has 2 N–H and O–H groups in total. The number of rotatable bonds is 49. The lowest BCUT2D eigenvalue weighted by Crippen LogP contribution is -2.55. The number of hydrogen-bond acceptors (Lipinski definition) is 2. The van der Waals surface area contributed by atoms with E-state index in [1.54, 1.807) is 0 Å². The lowest BCUT2D eigenvalue weighted by Gasteiger charge is -2.40. The zero-order chi connectivity index (χ0) is 40.0. The van der Waals surface area contributed by atoms with Gasteiger partial charge in [0.1, 0.15) is 0 Å². The zero-order valence-corrected chi connectivity index (χ0v) is 39.4. The fourth-order valence-electron chi connectivity index (χ4n) is 9.15. The molecule has 0 aliphatic carbocycles. The van der Waals surface area contributed by atoms with Crippen LogP contribution in [0, 0.1) is 0 Å². The largest absolute Gasteiger partial charge is 0.326 e. The van der Waals surface area contributed by atoms with Gasteiger partial charge in [0, 0.05) is 13.1 Å². The first-order valence-corrected chi connectivity index (χ1v) is 26.5. The molecule has 0 rings (SSSR count). The summed E-state index contributed by atoms with van der Waals surface area (Å²) in [6.45, 7) is 19.4. The summed E-state index contributed by atoms with van der Waals surface area (Å²) in [4.78, 5) is 2.93. The summed E-state index contributed by atoms with van der Waals surface area (Å²) in [5, 5.41) is 0. The van der Waals surface area contributed by atoms with E-state index in [0.717, 1.165) is 6.54 Å². The molecule has 0 aromatic carbocycles. The maximum atomic E-state index is 6.48. The predicted molar refractivity (Wildman–Crippen MR) is 253 cm³/mol. The summed E-state index contributed by atoms with van der Waals surface area (Å²) in [5.74, 6) is 0. The van der Waals surface area contributed by atoms with Crippen molar-refractivity contribution in [1.82, 2.24) is 4.90 Å². The predicted octanol–water partition coefficient (Wildman–Crippen LogP) is 16.7. The monoisotopic (exact) mass is 777 g/mol. The lowest BCUT2D eigenvalue weighted by atomic mass is 10.0. The van der Waals surface area contributed by atoms with Crippen LogP contribution >= 0.6 is 0 Å². The van der Waals surface area contributed by atoms with Crippen molar-refractivity contribution >= 4 is 0 Å². The van der Waals surface area contributed by atoms with Gasteiger partial charge < -0.3 is 10.2 Å². The SMILES string of the molecule is CCCCCCCCCCCCN(CCCCCCCCCCCC)CC[N+](CCN)(CCCCCCCCCCCC)CCCCCCCCCCCC. The highest BCUT2D eigenvalue weighted by molar-refractivity contribution is 4.62. The van der Waals surface area contributed by atoms with E-state index in [0.29, 0.717) is 0 Å². The van der Waals surface area contributed by atoms with Gasteiger partial charge in [0.25, 0.3) is 0 Å². The fraction of sp³-hybridized carbons (Fsp3) is 1.00. The molecule has 3 nitrogen and oxygen atoms in total. The third-order valence-electron chi connectivity index (χ3n) is 13.1. The van der Waals surface area contributed by atoms with Gasteiger partial charge in [0.05, 0.1) is 26.2 Å². The number of unbranched alkanes of at least 4 members (excludes halogenated alkanes) is 36. The van der Waals surface area contributed by atoms with Crippen molar-refractivity contribution < 1.29 is 4.48 Å². The van der Waals surface area contributed by atoms with E-state index in [2.05, 4.69) is 32.6 Å². The van der Waals surface area contributed by atoms with Crippen LogP contribution < -0.4 is 5.73 Å². The standard InChI is InChI=1S/C52H110N3/c1-5-9-13-17-21-25-29-33-37-41-46-54(47-42-38-34-30-26-22-18-14-10-6-2)48-52-55(51-45-53,49-43-39-35-31-27-23-19-15-11-7-3)50-44-40-36-32-28-24-20-16-12-8-4/h5-53H2,1-4H3/q+1. The first-order valence-electron chi connectivity index (χ1n) is 26.5. The Morgan fingerprint density at radius 1 is 0.255 bits per heavy atom. The van der Waals surface area contributed by atoms with Crippen molar-refractivity contribution in [2.24, 2.45) is 5.73 Å². The summed E-state index contributed by atoms with van der Waals surface area (Å²) in [6.07, 6.45) is 57.4. The van der Waals surface area contributed by atoms with Crippen LogP contribution in [0.2, 0.25) is 0 Å². The summed E-state index contributed by atoms with van der Waals surface area (Å²) in [7, 11) is 0. The molecule has 0 aliphatic rings. The van der Waals surface area contributed by atoms with Crippen LogP contribution in [0.4, 0.5) is 0 Å². The molecule has 0 spiro atoms. The summed E-state index contributed by atoms with van der Waals surface area (Å²) in [6, 6.07) is 0. The minimum atomic E-state index is 0.854. The summed E-state index contributed by atoms with van der Waals surface area (Å²) >= 11 is 0. The molecule has 0 aromatic rings. The van der Waals surface area contributed by atoms with Gasteiger partial charge in [0.2, 0.25) is 0 Å². The van der Waals surface area contributed by atoms with Gasteiger partial charge in [-0.05, 0) is 51.6 Å². The molecule has 0 atom stereocenters. The Morgan fingerprint density at radius 2 is 0.491 bits per heavy atom. The van der Waals surface area contributed by atoms with Crippen LogP contribution in [0.25, 0.3) is 0 Å². The smallest absolute Gasteiger partial charge is 0.0916 e. The summed E-state index contributed by atoms with van der Waals surface area (Å²) < 4.78 is 1.30. The van der Waals surface area contributed by atoms with E-state index < -0.39 is 0 Å². The molecular formula is C52H110N3+. The van der Waals surface area contributed by atoms with Gasteiger partial charge in [0.15, 0.2) is 0 Å². The molecule has 332 valence electrons. The number of hydrogen-bond donors (Lipinski definition) is 1. The molecule has 3 heteroatoms. The third kappa shape index (κ3) is 40.4. The molecule has 0 amide bonds. The average molecular weight is 777 g/mol. The molecular weight excluding hydrogens is 667 g/mol. The topological polar surface area (TPSA) is 29.3 Å². The maximum absolute atomic E-state index is 6.48. The first-order chi connectivity index (χ1) is 27.2. The van der Waals surface area contributed by atoms with Gasteiger partial charge in [-0.2, -0.15) is 0 Å². The van der Waals surface area contributed by atoms with E-state index in [1.807, 2.05) is 0 Å². The number of quaternary nitrogens is 1. The maximum Gasteiger partial charge on any atom is 0.0916 e. The van der Waals surface area contributed by atoms with E-state index in [1.165, 1.54) is 307 Å². The first kappa shape index (κ1) is 54.9. The van der Waals surface area contributed by atoms with Gasteiger partial charge in [-0.15, -0.1) is 0 Å². The van der Waals surface area contributed by atoms with Crippen molar-refractivity contribution in [3.63, 3.8) is 0 Å². The van der Waals surface area contributed by atoms with Crippen molar-refractivity contribution in [3.05, 3.63) is 0 Å². The van der Waals surface area contributed by atoms with Crippen LogP contribution in [-0.2, 0) is 0 Å². The Kier molecular flexibility index (Phi) is 46.5. The van der Waals surface area contributed by atoms with Crippen molar-refractivity contribution in [3.8, 4) is 0 Å². The van der Waals surface area contributed by atoms with Gasteiger partial charge in [-0.1, -0.05) is 246 Å². The van der Waals surface area contributed by atoms with Crippen molar-refractivity contribution in [1.29, 1.82) is 0 Å². The highest BCUT2D eigenvalue weighted by Crippen LogP contribution is 2.19. The highest BCUT2D eigenvalue weighted by atomic mass is 15.4. The number of nitrogens with two attached hydrogens (primary N) is 1. The minimum Gasteiger partial charge on any atom is -0.326 e. The second-order valence-corrected chi connectivity index (χ2v) is 18.6. The van der Waals surface area contributed by atoms with Crippen LogP contribution in [0.5, 0.6) is 0 Å². The van der Waals surface area contributed by atoms with Crippen LogP contribution in [-0.4, -0.2) is 61.7 Å². The van der Waals surface area contributed by atoms with Crippen LogP contribution in [0.15, 0.2) is 0 Å². The van der Waals surface area contributed by atoms with Gasteiger partial charge in [-0.25, -0.2) is 0 Å². The van der Waals surface area contributed by atoms with E-state index in [9.17, 15) is 0 Å². The normalized spacial score (nSPS) is 12.1. The average Bonchev–Trinajstić information content (AvgIpc) is 3.19. The molecule has 55 heavy (non-hydrogen) atoms. The Morgan fingerprint density at radius 3 is 0.745 bits per heavy atom. The minimum absolute atomic E-state index is 0.854. The molecule has 0 unspecified atom stereocenters. The second kappa shape index (κ2) is 46.6. The second-order valence-electron chi connectivity index (χ2n) is 18.6. The Balaban J connectivity index is 5.11. The molecule has 0 heterocycles. The van der Waals surface area contributed by atoms with E-state index in [-0.39, 0.29) is 0 Å². The zero-order valence-electron chi connectivity index (χ0n) is 39.4. The molecule has 0 saturated heterocycles. The van der Waals surface area contributed by atoms with Crippen LogP contribution in [0.3, 0.4) is 0 Å². The highest BCUT2D eigenvalue weighted by Gasteiger charge is 2.26. The molecule has 0 aliphatic heterocycles. The summed E-state index contributed by atoms with van der Waals surface area (Å²) in [5.41, 5.74) is 6.48. The Bertz CT molecular complexity index is 632.